The number of hydrogen-bond acceptors (Lipinski definition) is 3. The van der Waals surface area contributed by atoms with Gasteiger partial charge in [0.2, 0.25) is 0 Å². The summed E-state index contributed by atoms with van der Waals surface area (Å²) in [5, 5.41) is 3.12. The lowest BCUT2D eigenvalue weighted by Gasteiger charge is -2.14. The Morgan fingerprint density at radius 3 is 2.59 bits per heavy atom. The fraction of sp³-hybridized carbons (Fsp3) is 0.714. The van der Waals surface area contributed by atoms with E-state index >= 15 is 0 Å². The van der Waals surface area contributed by atoms with Crippen molar-refractivity contribution < 1.29 is 4.42 Å². The van der Waals surface area contributed by atoms with Crippen molar-refractivity contribution in [3.63, 3.8) is 0 Å². The maximum atomic E-state index is 5.73. The maximum absolute atomic E-state index is 5.73. The molecule has 0 radical (unpaired) electrons. The zero-order valence-electron chi connectivity index (χ0n) is 11.4. The van der Waals surface area contributed by atoms with Gasteiger partial charge in [0.25, 0.3) is 0 Å². The van der Waals surface area contributed by atoms with Crippen LogP contribution in [-0.4, -0.2) is 25.0 Å². The summed E-state index contributed by atoms with van der Waals surface area (Å²) in [6.07, 6.45) is 0. The van der Waals surface area contributed by atoms with Crippen LogP contribution in [0.25, 0.3) is 0 Å². The highest BCUT2D eigenvalue weighted by Crippen LogP contribution is 2.25. The minimum atomic E-state index is 0.813. The van der Waals surface area contributed by atoms with Crippen molar-refractivity contribution in [2.75, 3.05) is 20.1 Å². The Morgan fingerprint density at radius 1 is 1.35 bits per heavy atom. The Labute approximate surface area is 104 Å². The largest absolute Gasteiger partial charge is 0.465 e. The molecule has 2 heterocycles. The number of hydrogen-bond donors (Lipinski definition) is 1. The summed E-state index contributed by atoms with van der Waals surface area (Å²) in [6, 6.07) is 2.19. The Kier molecular flexibility index (Phi) is 3.89. The van der Waals surface area contributed by atoms with Crippen molar-refractivity contribution in [1.29, 1.82) is 0 Å². The molecule has 0 aromatic carbocycles. The molecule has 1 aliphatic rings. The van der Waals surface area contributed by atoms with Crippen LogP contribution in [-0.2, 0) is 13.1 Å². The Morgan fingerprint density at radius 2 is 2.00 bits per heavy atom. The van der Waals surface area contributed by atoms with Gasteiger partial charge in [-0.2, -0.15) is 0 Å². The van der Waals surface area contributed by atoms with E-state index < -0.39 is 0 Å². The van der Waals surface area contributed by atoms with Crippen molar-refractivity contribution in [1.82, 2.24) is 10.2 Å². The molecule has 3 nitrogen and oxygen atoms in total. The summed E-state index contributed by atoms with van der Waals surface area (Å²) in [5.41, 5.74) is 1.34. The Hall–Kier alpha value is -0.800. The molecule has 0 spiro atoms. The zero-order valence-corrected chi connectivity index (χ0v) is 11.4. The molecule has 17 heavy (non-hydrogen) atoms. The molecule has 0 aliphatic carbocycles. The van der Waals surface area contributed by atoms with Gasteiger partial charge in [0.1, 0.15) is 11.5 Å². The molecule has 96 valence electrons. The molecule has 1 fully saturated rings. The number of nitrogens with zero attached hydrogens (tertiary/aromatic N) is 1. The third-order valence-corrected chi connectivity index (χ3v) is 3.88. The summed E-state index contributed by atoms with van der Waals surface area (Å²) in [4.78, 5) is 2.54. The second-order valence-corrected chi connectivity index (χ2v) is 5.47. The summed E-state index contributed by atoms with van der Waals surface area (Å²) in [6.45, 7) is 11.0. The smallest absolute Gasteiger partial charge is 0.118 e. The van der Waals surface area contributed by atoms with E-state index in [0.717, 1.165) is 36.4 Å². The minimum absolute atomic E-state index is 0.813. The van der Waals surface area contributed by atoms with Crippen LogP contribution in [0.2, 0.25) is 0 Å². The zero-order chi connectivity index (χ0) is 12.4. The molecule has 2 unspecified atom stereocenters. The molecular weight excluding hydrogens is 212 g/mol. The maximum Gasteiger partial charge on any atom is 0.118 e. The van der Waals surface area contributed by atoms with E-state index in [0.29, 0.717) is 0 Å². The van der Waals surface area contributed by atoms with E-state index in [-0.39, 0.29) is 0 Å². The van der Waals surface area contributed by atoms with E-state index in [4.69, 9.17) is 4.42 Å². The van der Waals surface area contributed by atoms with Gasteiger partial charge in [-0.25, -0.2) is 0 Å². The van der Waals surface area contributed by atoms with Gasteiger partial charge in [-0.15, -0.1) is 0 Å². The van der Waals surface area contributed by atoms with Gasteiger partial charge in [0, 0.05) is 25.2 Å². The standard InChI is InChI=1S/C14H24N2O/c1-10-7-16(8-11(10)2)9-13-5-14(6-15-4)17-12(13)3/h5,10-11,15H,6-9H2,1-4H3. The van der Waals surface area contributed by atoms with Gasteiger partial charge >= 0.3 is 0 Å². The van der Waals surface area contributed by atoms with E-state index in [2.05, 4.69) is 37.1 Å². The quantitative estimate of drug-likeness (QED) is 0.870. The monoisotopic (exact) mass is 236 g/mol. The molecule has 1 aromatic rings. The minimum Gasteiger partial charge on any atom is -0.465 e. The van der Waals surface area contributed by atoms with Crippen LogP contribution < -0.4 is 5.32 Å². The highest BCUT2D eigenvalue weighted by atomic mass is 16.3. The molecular formula is C14H24N2O. The molecule has 1 N–H and O–H groups in total. The molecule has 2 atom stereocenters. The van der Waals surface area contributed by atoms with E-state index in [1.54, 1.807) is 0 Å². The van der Waals surface area contributed by atoms with Crippen molar-refractivity contribution >= 4 is 0 Å². The van der Waals surface area contributed by atoms with Gasteiger partial charge in [0.05, 0.1) is 6.54 Å². The fourth-order valence-electron chi connectivity index (χ4n) is 2.62. The first-order valence-electron chi connectivity index (χ1n) is 6.55. The molecule has 0 saturated carbocycles. The second kappa shape index (κ2) is 5.23. The van der Waals surface area contributed by atoms with E-state index in [9.17, 15) is 0 Å². The van der Waals surface area contributed by atoms with Crippen molar-refractivity contribution in [3.8, 4) is 0 Å². The first-order chi connectivity index (χ1) is 8.10. The normalized spacial score (nSPS) is 25.6. The summed E-state index contributed by atoms with van der Waals surface area (Å²) in [5.74, 6) is 3.75. The van der Waals surface area contributed by atoms with Crippen molar-refractivity contribution in [2.24, 2.45) is 11.8 Å². The van der Waals surface area contributed by atoms with E-state index in [1.807, 2.05) is 7.05 Å². The molecule has 1 aromatic heterocycles. The number of rotatable bonds is 4. The molecule has 0 amide bonds. The SMILES string of the molecule is CNCc1cc(CN2CC(C)C(C)C2)c(C)o1. The van der Waals surface area contributed by atoms with Crippen molar-refractivity contribution in [3.05, 3.63) is 23.2 Å². The summed E-state index contributed by atoms with van der Waals surface area (Å²) < 4.78 is 5.73. The lowest BCUT2D eigenvalue weighted by Crippen LogP contribution is -2.20. The average molecular weight is 236 g/mol. The molecule has 1 aliphatic heterocycles. The van der Waals surface area contributed by atoms with Crippen LogP contribution in [0.3, 0.4) is 0 Å². The number of aryl methyl sites for hydroxylation is 1. The van der Waals surface area contributed by atoms with E-state index in [1.165, 1.54) is 18.7 Å². The predicted octanol–water partition coefficient (Wildman–Crippen LogP) is 2.40. The van der Waals surface area contributed by atoms with Crippen LogP contribution in [0.15, 0.2) is 10.5 Å². The average Bonchev–Trinajstić information content (AvgIpc) is 2.74. The van der Waals surface area contributed by atoms with Gasteiger partial charge in [-0.3, -0.25) is 4.90 Å². The van der Waals surface area contributed by atoms with Crippen LogP contribution in [0.4, 0.5) is 0 Å². The van der Waals surface area contributed by atoms with Crippen LogP contribution in [0.1, 0.15) is 30.9 Å². The molecule has 1 saturated heterocycles. The van der Waals surface area contributed by atoms with Crippen molar-refractivity contribution in [2.45, 2.75) is 33.9 Å². The highest BCUT2D eigenvalue weighted by molar-refractivity contribution is 5.21. The third-order valence-electron chi connectivity index (χ3n) is 3.88. The molecule has 3 heteroatoms. The Bertz CT molecular complexity index is 362. The lowest BCUT2D eigenvalue weighted by molar-refractivity contribution is 0.313. The van der Waals surface area contributed by atoms with Gasteiger partial charge in [-0.05, 0) is 31.9 Å². The highest BCUT2D eigenvalue weighted by Gasteiger charge is 2.26. The van der Waals surface area contributed by atoms with Gasteiger partial charge in [0.15, 0.2) is 0 Å². The first-order valence-corrected chi connectivity index (χ1v) is 6.55. The van der Waals surface area contributed by atoms with Crippen LogP contribution >= 0.6 is 0 Å². The van der Waals surface area contributed by atoms with Gasteiger partial charge in [-0.1, -0.05) is 13.8 Å². The van der Waals surface area contributed by atoms with Crippen LogP contribution in [0.5, 0.6) is 0 Å². The summed E-state index contributed by atoms with van der Waals surface area (Å²) >= 11 is 0. The number of likely N-dealkylation sites (tertiary alicyclic amines) is 1. The molecule has 2 rings (SSSR count). The lowest BCUT2D eigenvalue weighted by atomic mass is 10.0. The Balaban J connectivity index is 1.99. The number of furan rings is 1. The number of nitrogens with one attached hydrogen (secondary N) is 1. The van der Waals surface area contributed by atoms with Gasteiger partial charge < -0.3 is 9.73 Å². The second-order valence-electron chi connectivity index (χ2n) is 5.47. The summed E-state index contributed by atoms with van der Waals surface area (Å²) in [7, 11) is 1.95. The first kappa shape index (κ1) is 12.7. The third kappa shape index (κ3) is 2.90. The predicted molar refractivity (Wildman–Crippen MR) is 69.8 cm³/mol. The topological polar surface area (TPSA) is 28.4 Å². The van der Waals surface area contributed by atoms with Crippen LogP contribution in [0, 0.1) is 18.8 Å². The molecule has 0 bridgehead atoms. The fourth-order valence-corrected chi connectivity index (χ4v) is 2.62.